The summed E-state index contributed by atoms with van der Waals surface area (Å²) in [5, 5.41) is 0. The first-order valence-corrected chi connectivity index (χ1v) is 11.6. The molecule has 0 amide bonds. The molecule has 4 rings (SSSR count). The Morgan fingerprint density at radius 3 is 0.606 bits per heavy atom. The fourth-order valence-electron chi connectivity index (χ4n) is 2.88. The molecule has 5 heteroatoms. The molecule has 0 atom stereocenters. The second-order valence-electron chi connectivity index (χ2n) is 6.78. The number of benzene rings is 4. The van der Waals surface area contributed by atoms with E-state index in [0.717, 1.165) is 41.9 Å². The Morgan fingerprint density at radius 1 is 0.303 bits per heavy atom. The van der Waals surface area contributed by atoms with Gasteiger partial charge in [0.1, 0.15) is 0 Å². The second-order valence-corrected chi connectivity index (χ2v) is 8.41. The van der Waals surface area contributed by atoms with Crippen molar-refractivity contribution in [1.29, 1.82) is 0 Å². The van der Waals surface area contributed by atoms with Crippen LogP contribution in [0.4, 0.5) is 0 Å². The van der Waals surface area contributed by atoms with Crippen LogP contribution in [0, 0.1) is 0 Å². The monoisotopic (exact) mass is 542 g/mol. The van der Waals surface area contributed by atoms with Gasteiger partial charge in [-0.2, -0.15) is 19.6 Å². The molecule has 0 saturated heterocycles. The molecule has 0 fully saturated rings. The van der Waals surface area contributed by atoms with Gasteiger partial charge in [-0.1, -0.05) is 121 Å². The van der Waals surface area contributed by atoms with Crippen LogP contribution in [0.25, 0.3) is 19.6 Å². The smallest absolute Gasteiger partial charge is 0 e. The molecule has 170 valence electrons. The van der Waals surface area contributed by atoms with Gasteiger partial charge in [-0.3, -0.25) is 0 Å². The Morgan fingerprint density at radius 2 is 0.455 bits per heavy atom. The van der Waals surface area contributed by atoms with Crippen LogP contribution in [0.3, 0.4) is 0 Å². The summed E-state index contributed by atoms with van der Waals surface area (Å²) in [5.41, 5.74) is 4.02. The third-order valence-electron chi connectivity index (χ3n) is 4.56. The number of hydrogen-bond acceptors (Lipinski definition) is 4. The van der Waals surface area contributed by atoms with Crippen molar-refractivity contribution in [3.63, 3.8) is 0 Å². The molecule has 0 N–H and O–H groups in total. The second kappa shape index (κ2) is 14.1. The zero-order chi connectivity index (χ0) is 22.8. The summed E-state index contributed by atoms with van der Waals surface area (Å²) in [4.78, 5) is 2.95. The predicted molar refractivity (Wildman–Crippen MR) is 149 cm³/mol. The third-order valence-corrected chi connectivity index (χ3v) is 6.57. The maximum absolute atomic E-state index is 5.38. The Kier molecular flexibility index (Phi) is 11.5. The molecule has 0 aliphatic rings. The molecule has 0 unspecified atom stereocenters. The summed E-state index contributed by atoms with van der Waals surface area (Å²) in [7, 11) is 0. The van der Waals surface area contributed by atoms with Gasteiger partial charge in [0.25, 0.3) is 0 Å². The van der Waals surface area contributed by atoms with Gasteiger partial charge in [-0.25, -0.2) is 0 Å². The molecule has 0 nitrogen and oxygen atoms in total. The number of hydrogen-bond donors (Lipinski definition) is 0. The minimum absolute atomic E-state index is 0. The molecule has 0 heterocycles. The molecule has 0 aromatic heterocycles. The zero-order valence-corrected chi connectivity index (χ0v) is 21.7. The van der Waals surface area contributed by atoms with E-state index in [1.165, 1.54) is 0 Å². The molecule has 0 bridgehead atoms. The normalized spacial score (nSPS) is 11.6. The first kappa shape index (κ1) is 27.0. The van der Waals surface area contributed by atoms with Crippen LogP contribution in [-0.4, -0.2) is 0 Å². The van der Waals surface area contributed by atoms with Gasteiger partial charge in [0.2, 0.25) is 0 Å². The van der Waals surface area contributed by atoms with Crippen LogP contribution < -0.4 is 0 Å². The van der Waals surface area contributed by atoms with Crippen molar-refractivity contribution < 1.29 is 16.5 Å². The van der Waals surface area contributed by atoms with Crippen molar-refractivity contribution in [3.8, 4) is 0 Å². The van der Waals surface area contributed by atoms with Crippen molar-refractivity contribution in [3.05, 3.63) is 144 Å². The first-order valence-electron chi connectivity index (χ1n) is 9.96. The zero-order valence-electron chi connectivity index (χ0n) is 17.5. The summed E-state index contributed by atoms with van der Waals surface area (Å²) in [5.74, 6) is 0. The molecular formula is C28H20NiS4-4. The fraction of sp³-hybridized carbons (Fsp3) is 0. The molecule has 0 spiro atoms. The summed E-state index contributed by atoms with van der Waals surface area (Å²) < 4.78 is 0. The van der Waals surface area contributed by atoms with Gasteiger partial charge in [0.05, 0.1) is 0 Å². The largest absolute Gasteiger partial charge is 0.781 e. The quantitative estimate of drug-likeness (QED) is 0.152. The van der Waals surface area contributed by atoms with Gasteiger partial charge < -0.3 is 50.5 Å². The van der Waals surface area contributed by atoms with E-state index in [4.69, 9.17) is 50.5 Å². The number of rotatable bonds is 4. The predicted octanol–water partition coefficient (Wildman–Crippen LogP) is 7.21. The summed E-state index contributed by atoms with van der Waals surface area (Å²) in [6.45, 7) is 0. The average molecular weight is 543 g/mol. The van der Waals surface area contributed by atoms with E-state index in [1.54, 1.807) is 0 Å². The van der Waals surface area contributed by atoms with Crippen LogP contribution in [0.5, 0.6) is 0 Å². The molecule has 0 radical (unpaired) electrons. The van der Waals surface area contributed by atoms with E-state index < -0.39 is 0 Å². The van der Waals surface area contributed by atoms with E-state index in [1.807, 2.05) is 121 Å². The standard InChI is InChI=1S/2C14H12S2.Ni/c2*15-13(11-7-3-1-4-8-11)14(16)12-9-5-2-6-10-12;/h2*1-10,15-16H;/p-4. The summed E-state index contributed by atoms with van der Waals surface area (Å²) in [6, 6.07) is 39.5. The maximum Gasteiger partial charge on any atom is 0 e. The maximum atomic E-state index is 5.38. The third kappa shape index (κ3) is 7.92. The molecule has 0 saturated carbocycles. The molecule has 0 aliphatic carbocycles. The Bertz CT molecular complexity index is 982. The van der Waals surface area contributed by atoms with E-state index in [-0.39, 0.29) is 16.5 Å². The molecular weight excluding hydrogens is 523 g/mol. The Balaban J connectivity index is 0.000000227. The molecule has 4 aromatic carbocycles. The molecule has 33 heavy (non-hydrogen) atoms. The van der Waals surface area contributed by atoms with Crippen LogP contribution in [0.1, 0.15) is 22.3 Å². The van der Waals surface area contributed by atoms with Crippen molar-refractivity contribution in [1.82, 2.24) is 0 Å². The Hall–Kier alpha value is -2.27. The topological polar surface area (TPSA) is 0 Å². The van der Waals surface area contributed by atoms with E-state index in [9.17, 15) is 0 Å². The van der Waals surface area contributed by atoms with E-state index >= 15 is 0 Å². The first-order chi connectivity index (χ1) is 15.6. The molecule has 4 aromatic rings. The summed E-state index contributed by atoms with van der Waals surface area (Å²) >= 11 is 21.5. The Labute approximate surface area is 228 Å². The van der Waals surface area contributed by atoms with Crippen LogP contribution >= 0.6 is 0 Å². The van der Waals surface area contributed by atoms with Crippen molar-refractivity contribution in [2.45, 2.75) is 0 Å². The SMILES string of the molecule is [Ni].[S-]C(=C([S-])c1ccccc1)c1ccccc1.[S-]C(=C([S-])c1ccccc1)c1ccccc1. The van der Waals surface area contributed by atoms with Crippen LogP contribution in [0.15, 0.2) is 121 Å². The van der Waals surface area contributed by atoms with Crippen molar-refractivity contribution >= 4 is 70.1 Å². The van der Waals surface area contributed by atoms with E-state index in [2.05, 4.69) is 0 Å². The van der Waals surface area contributed by atoms with Crippen LogP contribution in [0.2, 0.25) is 0 Å². The van der Waals surface area contributed by atoms with Gasteiger partial charge in [-0.05, 0) is 22.3 Å². The van der Waals surface area contributed by atoms with Gasteiger partial charge in [0.15, 0.2) is 0 Å². The van der Waals surface area contributed by atoms with Crippen molar-refractivity contribution in [2.24, 2.45) is 0 Å². The van der Waals surface area contributed by atoms with Gasteiger partial charge in [-0.15, -0.1) is 0 Å². The van der Waals surface area contributed by atoms with Crippen LogP contribution in [-0.2, 0) is 67.0 Å². The fourth-order valence-corrected chi connectivity index (χ4v) is 3.90. The molecule has 0 aliphatic heterocycles. The summed E-state index contributed by atoms with van der Waals surface area (Å²) in [6.07, 6.45) is 0. The van der Waals surface area contributed by atoms with E-state index in [0.29, 0.717) is 0 Å². The average Bonchev–Trinajstić information content (AvgIpc) is 2.89. The van der Waals surface area contributed by atoms with Gasteiger partial charge >= 0.3 is 0 Å². The van der Waals surface area contributed by atoms with Crippen molar-refractivity contribution in [2.75, 3.05) is 0 Å². The minimum Gasteiger partial charge on any atom is -0.781 e. The van der Waals surface area contributed by atoms with Gasteiger partial charge in [0, 0.05) is 16.5 Å². The minimum atomic E-state index is 0.